The number of hydrogen-bond acceptors (Lipinski definition) is 6. The maximum atomic E-state index is 11.9. The predicted octanol–water partition coefficient (Wildman–Crippen LogP) is 8.39. The second-order valence-corrected chi connectivity index (χ2v) is 10.3. The van der Waals surface area contributed by atoms with Crippen LogP contribution in [0.15, 0.2) is 121 Å². The molecule has 0 saturated heterocycles. The molecule has 0 bridgehead atoms. The van der Waals surface area contributed by atoms with Crippen LogP contribution in [0.4, 0.5) is 0 Å². The molecule has 0 fully saturated rings. The molecule has 0 N–H and O–H groups in total. The van der Waals surface area contributed by atoms with Crippen molar-refractivity contribution in [3.8, 4) is 22.6 Å². The number of esters is 2. The molecule has 6 heteroatoms. The lowest BCUT2D eigenvalue weighted by atomic mass is 9.92. The Morgan fingerprint density at radius 3 is 1.25 bits per heavy atom. The van der Waals surface area contributed by atoms with Gasteiger partial charge in [-0.1, -0.05) is 84.9 Å². The number of carbonyl (C=O) groups is 2. The first-order valence-electron chi connectivity index (χ1n) is 14.2. The van der Waals surface area contributed by atoms with Crippen LogP contribution < -0.4 is 9.47 Å². The molecule has 6 rings (SSSR count). The Hall–Kier alpha value is -5.62. The van der Waals surface area contributed by atoms with Crippen LogP contribution in [0, 0.1) is 0 Å². The van der Waals surface area contributed by atoms with E-state index in [1.807, 2.05) is 60.7 Å². The molecule has 0 aromatic heterocycles. The molecule has 0 saturated carbocycles. The molecule has 6 aromatic rings. The summed E-state index contributed by atoms with van der Waals surface area (Å²) in [6.45, 7) is 0.612. The first kappa shape index (κ1) is 28.5. The highest BCUT2D eigenvalue weighted by molar-refractivity contribution is 6.09. The monoisotopic (exact) mass is 582 g/mol. The van der Waals surface area contributed by atoms with Crippen molar-refractivity contribution in [2.75, 3.05) is 14.2 Å². The number of carbonyl (C=O) groups excluding carboxylic acids is 2. The summed E-state index contributed by atoms with van der Waals surface area (Å²) in [5, 5.41) is 4.23. The van der Waals surface area contributed by atoms with Gasteiger partial charge in [-0.25, -0.2) is 9.59 Å². The Bertz CT molecular complexity index is 1810. The second-order valence-electron chi connectivity index (χ2n) is 10.3. The molecule has 0 atom stereocenters. The minimum Gasteiger partial charge on any atom is -0.488 e. The molecule has 0 spiro atoms. The van der Waals surface area contributed by atoms with Crippen molar-refractivity contribution in [3.05, 3.63) is 144 Å². The topological polar surface area (TPSA) is 71.1 Å². The molecule has 218 valence electrons. The van der Waals surface area contributed by atoms with Crippen LogP contribution in [0.3, 0.4) is 0 Å². The van der Waals surface area contributed by atoms with Crippen LogP contribution >= 0.6 is 0 Å². The van der Waals surface area contributed by atoms with Gasteiger partial charge in [-0.15, -0.1) is 0 Å². The van der Waals surface area contributed by atoms with Crippen LogP contribution in [0.5, 0.6) is 11.5 Å². The minimum atomic E-state index is -0.378. The smallest absolute Gasteiger partial charge is 0.337 e. The van der Waals surface area contributed by atoms with Gasteiger partial charge < -0.3 is 18.9 Å². The van der Waals surface area contributed by atoms with Crippen LogP contribution in [0.25, 0.3) is 32.7 Å². The number of hydrogen-bond donors (Lipinski definition) is 0. The third-order valence-electron chi connectivity index (χ3n) is 7.57. The lowest BCUT2D eigenvalue weighted by Crippen LogP contribution is -2.03. The molecule has 44 heavy (non-hydrogen) atoms. The van der Waals surface area contributed by atoms with Crippen molar-refractivity contribution < 1.29 is 28.5 Å². The fourth-order valence-corrected chi connectivity index (χ4v) is 5.29. The SMILES string of the molecule is COC(=O)c1ccc(COc2ccc3ccccc3c2-c2c(OCc3ccc(C(=O)OC)cc3)ccc3ccccc23)cc1. The molecule has 0 aliphatic heterocycles. The van der Waals surface area contributed by atoms with E-state index in [4.69, 9.17) is 18.9 Å². The van der Waals surface area contributed by atoms with Gasteiger partial charge in [0.2, 0.25) is 0 Å². The van der Waals surface area contributed by atoms with E-state index in [2.05, 4.69) is 36.4 Å². The van der Waals surface area contributed by atoms with Gasteiger partial charge in [-0.05, 0) is 69.1 Å². The fraction of sp³-hybridized carbons (Fsp3) is 0.105. The van der Waals surface area contributed by atoms with Gasteiger partial charge in [-0.3, -0.25) is 0 Å². The van der Waals surface area contributed by atoms with E-state index in [1.54, 1.807) is 24.3 Å². The first-order valence-corrected chi connectivity index (χ1v) is 14.2. The summed E-state index contributed by atoms with van der Waals surface area (Å²) in [4.78, 5) is 23.8. The average Bonchev–Trinajstić information content (AvgIpc) is 3.09. The Morgan fingerprint density at radius 1 is 0.477 bits per heavy atom. The van der Waals surface area contributed by atoms with Gasteiger partial charge in [0.1, 0.15) is 24.7 Å². The van der Waals surface area contributed by atoms with E-state index < -0.39 is 0 Å². The summed E-state index contributed by atoms with van der Waals surface area (Å²) in [7, 11) is 2.74. The standard InChI is InChI=1S/C38H30O6/c1-41-37(39)29-15-11-25(12-16-29)23-43-33-21-19-27-7-3-5-9-31(27)35(33)36-32-10-6-4-8-28(32)20-22-34(36)44-24-26-13-17-30(18-14-26)38(40)42-2/h3-22H,23-24H2,1-2H3. The number of benzene rings is 6. The number of ether oxygens (including phenoxy) is 4. The Kier molecular flexibility index (Phi) is 8.23. The van der Waals surface area contributed by atoms with Crippen molar-refractivity contribution in [2.45, 2.75) is 13.2 Å². The summed E-state index contributed by atoms with van der Waals surface area (Å²) in [6.07, 6.45) is 0. The minimum absolute atomic E-state index is 0.306. The van der Waals surface area contributed by atoms with Crippen molar-refractivity contribution in [2.24, 2.45) is 0 Å². The van der Waals surface area contributed by atoms with E-state index in [0.717, 1.165) is 43.8 Å². The summed E-state index contributed by atoms with van der Waals surface area (Å²) in [6, 6.07) is 39.0. The summed E-state index contributed by atoms with van der Waals surface area (Å²) >= 11 is 0. The number of rotatable bonds is 9. The largest absolute Gasteiger partial charge is 0.488 e. The van der Waals surface area contributed by atoms with Crippen LogP contribution in [-0.2, 0) is 22.7 Å². The van der Waals surface area contributed by atoms with Gasteiger partial charge in [0.15, 0.2) is 0 Å². The number of fused-ring (bicyclic) bond motifs is 2. The molecular weight excluding hydrogens is 552 g/mol. The summed E-state index contributed by atoms with van der Waals surface area (Å²) < 4.78 is 22.7. The normalized spacial score (nSPS) is 10.9. The molecule has 6 aromatic carbocycles. The van der Waals surface area contributed by atoms with E-state index in [1.165, 1.54) is 14.2 Å². The maximum absolute atomic E-state index is 11.9. The van der Waals surface area contributed by atoms with Gasteiger partial charge in [0.05, 0.1) is 25.3 Å². The molecule has 0 aliphatic carbocycles. The second kappa shape index (κ2) is 12.7. The zero-order valence-electron chi connectivity index (χ0n) is 24.4. The number of methoxy groups -OCH3 is 2. The van der Waals surface area contributed by atoms with E-state index in [-0.39, 0.29) is 11.9 Å². The van der Waals surface area contributed by atoms with Crippen LogP contribution in [0.2, 0.25) is 0 Å². The molecule has 0 unspecified atom stereocenters. The maximum Gasteiger partial charge on any atom is 0.337 e. The lowest BCUT2D eigenvalue weighted by molar-refractivity contribution is 0.0592. The highest BCUT2D eigenvalue weighted by Crippen LogP contribution is 2.45. The molecule has 0 aliphatic rings. The van der Waals surface area contributed by atoms with E-state index >= 15 is 0 Å². The van der Waals surface area contributed by atoms with Gasteiger partial charge in [0, 0.05) is 11.1 Å². The highest BCUT2D eigenvalue weighted by Gasteiger charge is 2.19. The quantitative estimate of drug-likeness (QED) is 0.160. The third kappa shape index (κ3) is 5.83. The van der Waals surface area contributed by atoms with Crippen molar-refractivity contribution in [1.29, 1.82) is 0 Å². The van der Waals surface area contributed by atoms with Gasteiger partial charge in [0.25, 0.3) is 0 Å². The van der Waals surface area contributed by atoms with E-state index in [0.29, 0.717) is 35.8 Å². The third-order valence-corrected chi connectivity index (χ3v) is 7.57. The summed E-state index contributed by atoms with van der Waals surface area (Å²) in [5.74, 6) is 0.670. The first-order chi connectivity index (χ1) is 21.6. The molecule has 0 heterocycles. The zero-order valence-corrected chi connectivity index (χ0v) is 24.4. The average molecular weight is 583 g/mol. The molecule has 6 nitrogen and oxygen atoms in total. The Labute approximate surface area is 255 Å². The fourth-order valence-electron chi connectivity index (χ4n) is 5.29. The van der Waals surface area contributed by atoms with Crippen molar-refractivity contribution in [1.82, 2.24) is 0 Å². The molecule has 0 radical (unpaired) electrons. The van der Waals surface area contributed by atoms with E-state index in [9.17, 15) is 9.59 Å². The van der Waals surface area contributed by atoms with Crippen molar-refractivity contribution in [3.63, 3.8) is 0 Å². The van der Waals surface area contributed by atoms with Crippen LogP contribution in [0.1, 0.15) is 31.8 Å². The van der Waals surface area contributed by atoms with Crippen LogP contribution in [-0.4, -0.2) is 26.2 Å². The molecular formula is C38H30O6. The van der Waals surface area contributed by atoms with Crippen molar-refractivity contribution >= 4 is 33.5 Å². The highest BCUT2D eigenvalue weighted by atomic mass is 16.5. The Balaban J connectivity index is 1.41. The Morgan fingerprint density at radius 2 is 0.864 bits per heavy atom. The van der Waals surface area contributed by atoms with Gasteiger partial charge >= 0.3 is 11.9 Å². The molecule has 0 amide bonds. The zero-order chi connectivity index (χ0) is 30.5. The predicted molar refractivity (Wildman–Crippen MR) is 171 cm³/mol. The summed E-state index contributed by atoms with van der Waals surface area (Å²) in [5.41, 5.74) is 4.67. The van der Waals surface area contributed by atoms with Gasteiger partial charge in [-0.2, -0.15) is 0 Å². The lowest BCUT2D eigenvalue weighted by Gasteiger charge is -2.20.